The molecule has 6 nitrogen and oxygen atoms in total. The van der Waals surface area contributed by atoms with Crippen molar-refractivity contribution in [3.63, 3.8) is 0 Å². The summed E-state index contributed by atoms with van der Waals surface area (Å²) in [5.74, 6) is 0.515. The predicted molar refractivity (Wildman–Crippen MR) is 144 cm³/mol. The van der Waals surface area contributed by atoms with Crippen molar-refractivity contribution in [2.24, 2.45) is 5.73 Å². The highest BCUT2D eigenvalue weighted by atomic mass is 35.5. The Balaban J connectivity index is 1.38. The van der Waals surface area contributed by atoms with Crippen LogP contribution in [-0.2, 0) is 6.61 Å². The molecule has 1 atom stereocenters. The van der Waals surface area contributed by atoms with E-state index in [9.17, 15) is 10.1 Å². The van der Waals surface area contributed by atoms with Gasteiger partial charge in [0.15, 0.2) is 0 Å². The van der Waals surface area contributed by atoms with E-state index in [0.29, 0.717) is 40.0 Å². The van der Waals surface area contributed by atoms with Crippen LogP contribution in [0.4, 0.5) is 0 Å². The van der Waals surface area contributed by atoms with Crippen molar-refractivity contribution in [1.82, 2.24) is 0 Å². The van der Waals surface area contributed by atoms with Gasteiger partial charge >= 0.3 is 5.97 Å². The fourth-order valence-electron chi connectivity index (χ4n) is 4.31. The summed E-state index contributed by atoms with van der Waals surface area (Å²) in [5, 5.41) is 10.5. The van der Waals surface area contributed by atoms with Gasteiger partial charge in [-0.05, 0) is 60.0 Å². The lowest BCUT2D eigenvalue weighted by Gasteiger charge is -2.27. The van der Waals surface area contributed by atoms with E-state index in [0.717, 1.165) is 22.3 Å². The van der Waals surface area contributed by atoms with Gasteiger partial charge in [-0.15, -0.1) is 0 Å². The molecule has 1 aliphatic heterocycles. The average Bonchev–Trinajstić information content (AvgIpc) is 2.92. The highest BCUT2D eigenvalue weighted by Gasteiger charge is 2.31. The standard InChI is InChI=1S/C31H23ClN2O4/c1-19-4-2-3-5-25(19)31(35)37-24-14-15-26-28(16-24)38-30(34)27(17-33)29(26)21-8-12-23(13-9-21)36-18-20-6-10-22(32)11-7-20/h2-16,29H,18,34H2,1H3. The number of esters is 1. The number of hydrogen-bond acceptors (Lipinski definition) is 6. The molecule has 7 heteroatoms. The second-order valence-corrected chi connectivity index (χ2v) is 9.25. The molecular weight excluding hydrogens is 500 g/mol. The maximum atomic E-state index is 12.7. The first kappa shape index (κ1) is 24.9. The number of nitriles is 1. The zero-order valence-corrected chi connectivity index (χ0v) is 21.2. The highest BCUT2D eigenvalue weighted by Crippen LogP contribution is 2.43. The summed E-state index contributed by atoms with van der Waals surface area (Å²) in [5.41, 5.74) is 10.3. The Morgan fingerprint density at radius 1 is 1.00 bits per heavy atom. The Hall–Kier alpha value is -4.73. The maximum Gasteiger partial charge on any atom is 0.343 e. The quantitative estimate of drug-likeness (QED) is 0.224. The van der Waals surface area contributed by atoms with E-state index in [1.165, 1.54) is 0 Å². The molecule has 0 radical (unpaired) electrons. The van der Waals surface area contributed by atoms with Crippen LogP contribution in [0.15, 0.2) is 102 Å². The van der Waals surface area contributed by atoms with Crippen molar-refractivity contribution in [3.8, 4) is 23.3 Å². The first-order valence-electron chi connectivity index (χ1n) is 11.9. The van der Waals surface area contributed by atoms with E-state index in [1.807, 2.05) is 67.6 Å². The molecule has 0 fully saturated rings. The van der Waals surface area contributed by atoms with Gasteiger partial charge in [-0.2, -0.15) is 5.26 Å². The van der Waals surface area contributed by atoms with Crippen molar-refractivity contribution >= 4 is 17.6 Å². The van der Waals surface area contributed by atoms with Crippen LogP contribution >= 0.6 is 11.6 Å². The van der Waals surface area contributed by atoms with Crippen LogP contribution in [-0.4, -0.2) is 5.97 Å². The number of rotatable bonds is 6. The second-order valence-electron chi connectivity index (χ2n) is 8.81. The fraction of sp³-hybridized carbons (Fsp3) is 0.0968. The normalized spacial score (nSPS) is 14.2. The molecule has 0 amide bonds. The maximum absolute atomic E-state index is 12.7. The minimum atomic E-state index is -0.467. The van der Waals surface area contributed by atoms with Gasteiger partial charge in [0.25, 0.3) is 0 Å². The van der Waals surface area contributed by atoms with E-state index in [-0.39, 0.29) is 5.88 Å². The zero-order valence-electron chi connectivity index (χ0n) is 20.5. The van der Waals surface area contributed by atoms with Gasteiger partial charge in [-0.3, -0.25) is 0 Å². The molecular formula is C31H23ClN2O4. The number of hydrogen-bond donors (Lipinski definition) is 1. The summed E-state index contributed by atoms with van der Waals surface area (Å²) in [6.07, 6.45) is 0. The Kier molecular flexibility index (Phi) is 7.03. The molecule has 0 saturated carbocycles. The molecule has 1 unspecified atom stereocenters. The van der Waals surface area contributed by atoms with Crippen LogP contribution in [0.3, 0.4) is 0 Å². The van der Waals surface area contributed by atoms with Crippen LogP contribution in [0.25, 0.3) is 0 Å². The number of allylic oxidation sites excluding steroid dienone is 1. The van der Waals surface area contributed by atoms with Gasteiger partial charge in [-0.25, -0.2) is 4.79 Å². The van der Waals surface area contributed by atoms with E-state index in [1.54, 1.807) is 30.3 Å². The topological polar surface area (TPSA) is 94.6 Å². The number of benzene rings is 4. The summed E-state index contributed by atoms with van der Waals surface area (Å²) in [6.45, 7) is 2.25. The minimum absolute atomic E-state index is 0.00967. The van der Waals surface area contributed by atoms with E-state index >= 15 is 0 Å². The summed E-state index contributed by atoms with van der Waals surface area (Å²) in [7, 11) is 0. The number of fused-ring (bicyclic) bond motifs is 1. The van der Waals surface area contributed by atoms with Crippen LogP contribution in [0.5, 0.6) is 17.2 Å². The van der Waals surface area contributed by atoms with Crippen molar-refractivity contribution in [2.75, 3.05) is 0 Å². The van der Waals surface area contributed by atoms with E-state index in [4.69, 9.17) is 31.5 Å². The van der Waals surface area contributed by atoms with Gasteiger partial charge < -0.3 is 19.9 Å². The highest BCUT2D eigenvalue weighted by molar-refractivity contribution is 6.30. The van der Waals surface area contributed by atoms with Crippen LogP contribution < -0.4 is 19.9 Å². The molecule has 4 aromatic rings. The molecule has 0 saturated heterocycles. The molecule has 1 heterocycles. The molecule has 4 aromatic carbocycles. The van der Waals surface area contributed by atoms with E-state index in [2.05, 4.69) is 6.07 Å². The summed E-state index contributed by atoms with van der Waals surface area (Å²) in [6, 6.07) is 29.4. The molecule has 0 spiro atoms. The van der Waals surface area contributed by atoms with Crippen molar-refractivity contribution in [3.05, 3.63) is 135 Å². The van der Waals surface area contributed by atoms with Gasteiger partial charge in [0.05, 0.1) is 11.5 Å². The van der Waals surface area contributed by atoms with Crippen molar-refractivity contribution in [2.45, 2.75) is 19.4 Å². The molecule has 0 aliphatic carbocycles. The van der Waals surface area contributed by atoms with Crippen LogP contribution in [0.2, 0.25) is 5.02 Å². The smallest absolute Gasteiger partial charge is 0.343 e. The second kappa shape index (κ2) is 10.7. The molecule has 0 aromatic heterocycles. The molecule has 5 rings (SSSR count). The third-order valence-electron chi connectivity index (χ3n) is 6.30. The van der Waals surface area contributed by atoms with Gasteiger partial charge in [0.2, 0.25) is 5.88 Å². The monoisotopic (exact) mass is 522 g/mol. The lowest BCUT2D eigenvalue weighted by atomic mass is 9.83. The molecule has 38 heavy (non-hydrogen) atoms. The number of halogens is 1. The Morgan fingerprint density at radius 3 is 2.42 bits per heavy atom. The van der Waals surface area contributed by atoms with Gasteiger partial charge in [0, 0.05) is 16.7 Å². The first-order valence-corrected chi connectivity index (χ1v) is 12.3. The Labute approximate surface area is 225 Å². The van der Waals surface area contributed by atoms with Gasteiger partial charge in [0.1, 0.15) is 35.5 Å². The lowest BCUT2D eigenvalue weighted by molar-refractivity contribution is 0.0733. The average molecular weight is 523 g/mol. The third-order valence-corrected chi connectivity index (χ3v) is 6.55. The molecule has 1 aliphatic rings. The number of carbonyl (C=O) groups is 1. The minimum Gasteiger partial charge on any atom is -0.489 e. The summed E-state index contributed by atoms with van der Waals surface area (Å²) < 4.78 is 17.3. The summed E-state index contributed by atoms with van der Waals surface area (Å²) in [4.78, 5) is 12.7. The number of aryl methyl sites for hydroxylation is 1. The van der Waals surface area contributed by atoms with Crippen LogP contribution in [0.1, 0.15) is 38.5 Å². The molecule has 188 valence electrons. The Morgan fingerprint density at radius 2 is 1.71 bits per heavy atom. The zero-order chi connectivity index (χ0) is 26.6. The molecule has 0 bridgehead atoms. The first-order chi connectivity index (χ1) is 18.4. The lowest BCUT2D eigenvalue weighted by Crippen LogP contribution is -2.21. The largest absolute Gasteiger partial charge is 0.489 e. The number of ether oxygens (including phenoxy) is 3. The molecule has 2 N–H and O–H groups in total. The number of nitrogens with zero attached hydrogens (tertiary/aromatic N) is 1. The third kappa shape index (κ3) is 5.19. The SMILES string of the molecule is Cc1ccccc1C(=O)Oc1ccc2c(c1)OC(N)=C(C#N)C2c1ccc(OCc2ccc(Cl)cc2)cc1. The van der Waals surface area contributed by atoms with E-state index < -0.39 is 11.9 Å². The van der Waals surface area contributed by atoms with Gasteiger partial charge in [-0.1, -0.05) is 60.1 Å². The number of carbonyl (C=O) groups excluding carboxylic acids is 1. The van der Waals surface area contributed by atoms with Crippen molar-refractivity contribution < 1.29 is 19.0 Å². The van der Waals surface area contributed by atoms with Crippen LogP contribution in [0, 0.1) is 18.3 Å². The van der Waals surface area contributed by atoms with Crippen molar-refractivity contribution in [1.29, 1.82) is 5.26 Å². The Bertz CT molecular complexity index is 1570. The fourth-order valence-corrected chi connectivity index (χ4v) is 4.44. The number of nitrogens with two attached hydrogens (primary N) is 1. The summed E-state index contributed by atoms with van der Waals surface area (Å²) >= 11 is 5.94. The predicted octanol–water partition coefficient (Wildman–Crippen LogP) is 6.66.